The highest BCUT2D eigenvalue weighted by Gasteiger charge is 2.12. The molecular formula is C23H21Cl2N3. The normalized spacial score (nSPS) is 11.2. The molecule has 0 aliphatic heterocycles. The van der Waals surface area contributed by atoms with Crippen LogP contribution in [0, 0.1) is 12.3 Å². The Labute approximate surface area is 174 Å². The molecular weight excluding hydrogens is 389 g/mol. The maximum Gasteiger partial charge on any atom is 0.203 e. The Kier molecular flexibility index (Phi) is 5.29. The lowest BCUT2D eigenvalue weighted by Gasteiger charge is -2.08. The van der Waals surface area contributed by atoms with Crippen molar-refractivity contribution in [3.63, 3.8) is 0 Å². The smallest absolute Gasteiger partial charge is 0.203 e. The van der Waals surface area contributed by atoms with Gasteiger partial charge in [-0.15, -0.1) is 0 Å². The minimum Gasteiger partial charge on any atom is -0.310 e. The molecule has 0 unspecified atom stereocenters. The standard InChI is InChI=1S/C23H21Cl2N3/c1-16-6-2-3-7-18(16)15-28-22-9-5-4-8-21(22)27(23(28)26)13-12-17-10-11-19(24)20(25)14-17/h2-11,14,26H,12-13,15H2,1H3. The van der Waals surface area contributed by atoms with E-state index in [0.29, 0.717) is 28.8 Å². The molecule has 5 heteroatoms. The Hall–Kier alpha value is -2.49. The van der Waals surface area contributed by atoms with Gasteiger partial charge in [-0.2, -0.15) is 0 Å². The van der Waals surface area contributed by atoms with Crippen LogP contribution in [0.4, 0.5) is 0 Å². The van der Waals surface area contributed by atoms with Crippen molar-refractivity contribution in [2.24, 2.45) is 0 Å². The van der Waals surface area contributed by atoms with Crippen LogP contribution in [0.5, 0.6) is 0 Å². The summed E-state index contributed by atoms with van der Waals surface area (Å²) in [5.74, 6) is 0. The monoisotopic (exact) mass is 409 g/mol. The summed E-state index contributed by atoms with van der Waals surface area (Å²) in [5, 5.41) is 9.95. The number of fused-ring (bicyclic) bond motifs is 1. The van der Waals surface area contributed by atoms with Crippen LogP contribution in [-0.4, -0.2) is 9.13 Å². The predicted octanol–water partition coefficient (Wildman–Crippen LogP) is 5.83. The molecule has 3 nitrogen and oxygen atoms in total. The van der Waals surface area contributed by atoms with Gasteiger partial charge in [0.2, 0.25) is 5.62 Å². The third kappa shape index (κ3) is 3.60. The van der Waals surface area contributed by atoms with E-state index in [1.807, 2.05) is 36.4 Å². The first-order chi connectivity index (χ1) is 13.5. The molecule has 3 aromatic carbocycles. The quantitative estimate of drug-likeness (QED) is 0.430. The lowest BCUT2D eigenvalue weighted by Crippen LogP contribution is -2.26. The van der Waals surface area contributed by atoms with Crippen molar-refractivity contribution in [3.05, 3.63) is 99.1 Å². The van der Waals surface area contributed by atoms with Gasteiger partial charge in [0, 0.05) is 6.54 Å². The van der Waals surface area contributed by atoms with Crippen molar-refractivity contribution in [2.45, 2.75) is 26.4 Å². The van der Waals surface area contributed by atoms with Crippen molar-refractivity contribution in [2.75, 3.05) is 0 Å². The minimum absolute atomic E-state index is 0.504. The Balaban J connectivity index is 1.71. The highest BCUT2D eigenvalue weighted by molar-refractivity contribution is 6.42. The lowest BCUT2D eigenvalue weighted by molar-refractivity contribution is 0.620. The largest absolute Gasteiger partial charge is 0.310 e. The van der Waals surface area contributed by atoms with E-state index in [2.05, 4.69) is 46.4 Å². The number of halogens is 2. The Bertz CT molecular complexity index is 1200. The van der Waals surface area contributed by atoms with Crippen molar-refractivity contribution in [1.82, 2.24) is 9.13 Å². The second kappa shape index (κ2) is 7.86. The van der Waals surface area contributed by atoms with Gasteiger partial charge in [0.1, 0.15) is 0 Å². The third-order valence-corrected chi connectivity index (χ3v) is 5.91. The number of aromatic nitrogens is 2. The molecule has 0 aliphatic carbocycles. The molecule has 0 saturated heterocycles. The van der Waals surface area contributed by atoms with E-state index < -0.39 is 0 Å². The first-order valence-corrected chi connectivity index (χ1v) is 10.0. The van der Waals surface area contributed by atoms with Crippen molar-refractivity contribution < 1.29 is 0 Å². The molecule has 0 bridgehead atoms. The summed E-state index contributed by atoms with van der Waals surface area (Å²) in [4.78, 5) is 0. The number of nitrogens with one attached hydrogen (secondary N) is 1. The van der Waals surface area contributed by atoms with E-state index in [9.17, 15) is 0 Å². The molecule has 4 rings (SSSR count). The molecule has 1 heterocycles. The fourth-order valence-corrected chi connectivity index (χ4v) is 3.90. The van der Waals surface area contributed by atoms with Crippen LogP contribution < -0.4 is 5.62 Å². The van der Waals surface area contributed by atoms with Gasteiger partial charge in [-0.25, -0.2) is 0 Å². The number of aryl methyl sites for hydroxylation is 3. The summed E-state index contributed by atoms with van der Waals surface area (Å²) in [5.41, 5.74) is 6.23. The summed E-state index contributed by atoms with van der Waals surface area (Å²) in [7, 11) is 0. The molecule has 0 radical (unpaired) electrons. The van der Waals surface area contributed by atoms with Gasteiger partial charge >= 0.3 is 0 Å². The number of hydrogen-bond acceptors (Lipinski definition) is 1. The average molecular weight is 410 g/mol. The molecule has 4 aromatic rings. The van der Waals surface area contributed by atoms with Gasteiger partial charge in [-0.05, 0) is 54.3 Å². The average Bonchev–Trinajstić information content (AvgIpc) is 2.96. The van der Waals surface area contributed by atoms with Gasteiger partial charge in [0.25, 0.3) is 0 Å². The van der Waals surface area contributed by atoms with Crippen LogP contribution >= 0.6 is 23.2 Å². The minimum atomic E-state index is 0.504. The maximum atomic E-state index is 8.82. The topological polar surface area (TPSA) is 33.7 Å². The van der Waals surface area contributed by atoms with E-state index in [0.717, 1.165) is 23.0 Å². The van der Waals surface area contributed by atoms with Crippen LogP contribution in [0.2, 0.25) is 10.0 Å². The van der Waals surface area contributed by atoms with Gasteiger partial charge in [0.15, 0.2) is 0 Å². The van der Waals surface area contributed by atoms with Crippen LogP contribution in [0.25, 0.3) is 11.0 Å². The van der Waals surface area contributed by atoms with Crippen LogP contribution in [0.1, 0.15) is 16.7 Å². The summed E-state index contributed by atoms with van der Waals surface area (Å²) < 4.78 is 4.14. The molecule has 0 saturated carbocycles. The molecule has 142 valence electrons. The summed E-state index contributed by atoms with van der Waals surface area (Å²) in [6.07, 6.45) is 0.784. The number of hydrogen-bond donors (Lipinski definition) is 1. The fraction of sp³-hybridized carbons (Fsp3) is 0.174. The summed E-state index contributed by atoms with van der Waals surface area (Å²) in [6.45, 7) is 3.51. The third-order valence-electron chi connectivity index (χ3n) is 5.17. The zero-order chi connectivity index (χ0) is 19.7. The number of nitrogens with zero attached hydrogens (tertiary/aromatic N) is 2. The van der Waals surface area contributed by atoms with E-state index >= 15 is 0 Å². The van der Waals surface area contributed by atoms with E-state index in [1.165, 1.54) is 11.1 Å². The molecule has 28 heavy (non-hydrogen) atoms. The highest BCUT2D eigenvalue weighted by atomic mass is 35.5. The van der Waals surface area contributed by atoms with Crippen molar-refractivity contribution in [1.29, 1.82) is 5.41 Å². The fourth-order valence-electron chi connectivity index (χ4n) is 3.57. The molecule has 0 atom stereocenters. The highest BCUT2D eigenvalue weighted by Crippen LogP contribution is 2.23. The molecule has 0 spiro atoms. The van der Waals surface area contributed by atoms with Gasteiger partial charge in [-0.1, -0.05) is 65.7 Å². The van der Waals surface area contributed by atoms with Crippen LogP contribution in [0.3, 0.4) is 0 Å². The molecule has 1 aromatic heterocycles. The second-order valence-corrected chi connectivity index (χ2v) is 7.79. The van der Waals surface area contributed by atoms with Gasteiger partial charge in [-0.3, -0.25) is 5.41 Å². The van der Waals surface area contributed by atoms with Crippen molar-refractivity contribution >= 4 is 34.2 Å². The Morgan fingerprint density at radius 2 is 1.50 bits per heavy atom. The first-order valence-electron chi connectivity index (χ1n) is 9.25. The first kappa shape index (κ1) is 18.9. The zero-order valence-electron chi connectivity index (χ0n) is 15.6. The SMILES string of the molecule is Cc1ccccc1Cn1c(=N)n(CCc2ccc(Cl)c(Cl)c2)c2ccccc21. The van der Waals surface area contributed by atoms with Gasteiger partial charge < -0.3 is 9.13 Å². The molecule has 0 amide bonds. The van der Waals surface area contributed by atoms with Crippen molar-refractivity contribution in [3.8, 4) is 0 Å². The predicted molar refractivity (Wildman–Crippen MR) is 116 cm³/mol. The Morgan fingerprint density at radius 3 is 2.21 bits per heavy atom. The molecule has 0 aliphatic rings. The number of imidazole rings is 1. The van der Waals surface area contributed by atoms with Crippen LogP contribution in [-0.2, 0) is 19.5 Å². The van der Waals surface area contributed by atoms with E-state index in [1.54, 1.807) is 0 Å². The number of benzene rings is 3. The van der Waals surface area contributed by atoms with E-state index in [4.69, 9.17) is 28.6 Å². The number of rotatable bonds is 5. The van der Waals surface area contributed by atoms with E-state index in [-0.39, 0.29) is 0 Å². The summed E-state index contributed by atoms with van der Waals surface area (Å²) in [6, 6.07) is 22.3. The lowest BCUT2D eigenvalue weighted by atomic mass is 10.1. The number of para-hydroxylation sites is 2. The molecule has 0 fully saturated rings. The second-order valence-electron chi connectivity index (χ2n) is 6.98. The summed E-state index contributed by atoms with van der Waals surface area (Å²) >= 11 is 12.2. The maximum absolute atomic E-state index is 8.82. The van der Waals surface area contributed by atoms with Gasteiger partial charge in [0.05, 0.1) is 27.6 Å². The van der Waals surface area contributed by atoms with Crippen LogP contribution in [0.15, 0.2) is 66.7 Å². The molecule has 1 N–H and O–H groups in total. The Morgan fingerprint density at radius 1 is 0.821 bits per heavy atom. The zero-order valence-corrected chi connectivity index (χ0v) is 17.1.